The molecule has 0 aliphatic rings. The minimum Gasteiger partial charge on any atom is -0.396 e. The van der Waals surface area contributed by atoms with E-state index in [-0.39, 0.29) is 6.61 Å². The zero-order valence-corrected chi connectivity index (χ0v) is 11.7. The first-order chi connectivity index (χ1) is 9.70. The molecule has 0 aromatic carbocycles. The Morgan fingerprint density at radius 2 is 2.45 bits per heavy atom. The Kier molecular flexibility index (Phi) is 5.22. The van der Waals surface area contributed by atoms with Crippen molar-refractivity contribution in [1.82, 2.24) is 20.3 Å². The van der Waals surface area contributed by atoms with Crippen LogP contribution in [0, 0.1) is 0 Å². The highest BCUT2D eigenvalue weighted by atomic mass is 32.1. The fourth-order valence-corrected chi connectivity index (χ4v) is 2.41. The molecule has 0 fully saturated rings. The predicted octanol–water partition coefficient (Wildman–Crippen LogP) is 0.0382. The van der Waals surface area contributed by atoms with Gasteiger partial charge in [0, 0.05) is 24.6 Å². The van der Waals surface area contributed by atoms with E-state index >= 15 is 0 Å². The van der Waals surface area contributed by atoms with Gasteiger partial charge in [-0.25, -0.2) is 0 Å². The number of carbonyl (C=O) groups excluding carboxylic acids is 1. The monoisotopic (exact) mass is 295 g/mol. The average molecular weight is 295 g/mol. The highest BCUT2D eigenvalue weighted by molar-refractivity contribution is 7.09. The van der Waals surface area contributed by atoms with E-state index in [4.69, 9.17) is 10.8 Å². The molecule has 0 spiro atoms. The van der Waals surface area contributed by atoms with Crippen LogP contribution in [0.2, 0.25) is 0 Å². The van der Waals surface area contributed by atoms with Gasteiger partial charge in [-0.05, 0) is 17.9 Å². The minimum atomic E-state index is -0.667. The first kappa shape index (κ1) is 14.6. The van der Waals surface area contributed by atoms with Crippen molar-refractivity contribution in [2.24, 2.45) is 5.73 Å². The number of hydrogen-bond donors (Lipinski definition) is 3. The standard InChI is InChI=1S/C12H17N5O2S/c13-12(19)11(14-7-9-3-1-6-20-9)10-8-17(16-15-10)4-2-5-18/h1,3,6,8,11,14,18H,2,4-5,7H2,(H2,13,19). The Morgan fingerprint density at radius 3 is 3.10 bits per heavy atom. The number of aliphatic hydroxyl groups excluding tert-OH is 1. The normalized spacial score (nSPS) is 12.4. The molecule has 4 N–H and O–H groups in total. The number of aliphatic hydroxyl groups is 1. The van der Waals surface area contributed by atoms with Crippen LogP contribution in [0.15, 0.2) is 23.7 Å². The van der Waals surface area contributed by atoms with E-state index in [0.29, 0.717) is 25.2 Å². The van der Waals surface area contributed by atoms with Crippen molar-refractivity contribution >= 4 is 17.2 Å². The number of nitrogens with two attached hydrogens (primary N) is 1. The van der Waals surface area contributed by atoms with Crippen molar-refractivity contribution in [3.8, 4) is 0 Å². The molecular formula is C12H17N5O2S. The van der Waals surface area contributed by atoms with Crippen molar-refractivity contribution < 1.29 is 9.90 Å². The lowest BCUT2D eigenvalue weighted by Gasteiger charge is -2.11. The lowest BCUT2D eigenvalue weighted by molar-refractivity contribution is -0.120. The van der Waals surface area contributed by atoms with Crippen molar-refractivity contribution in [3.63, 3.8) is 0 Å². The predicted molar refractivity (Wildman–Crippen MR) is 74.8 cm³/mol. The number of nitrogens with one attached hydrogen (secondary N) is 1. The smallest absolute Gasteiger partial charge is 0.240 e. The summed E-state index contributed by atoms with van der Waals surface area (Å²) in [4.78, 5) is 12.6. The molecule has 0 saturated carbocycles. The van der Waals surface area contributed by atoms with Gasteiger partial charge in [-0.1, -0.05) is 11.3 Å². The maximum atomic E-state index is 11.5. The fourth-order valence-electron chi connectivity index (χ4n) is 1.75. The topological polar surface area (TPSA) is 106 Å². The Labute approximate surface area is 120 Å². The number of primary amides is 1. The molecule has 7 nitrogen and oxygen atoms in total. The van der Waals surface area contributed by atoms with Crippen LogP contribution in [-0.2, 0) is 17.9 Å². The molecule has 2 rings (SSSR count). The third-order valence-electron chi connectivity index (χ3n) is 2.74. The first-order valence-electron chi connectivity index (χ1n) is 6.26. The number of thiophene rings is 1. The van der Waals surface area contributed by atoms with E-state index in [9.17, 15) is 4.79 Å². The number of hydrogen-bond acceptors (Lipinski definition) is 6. The van der Waals surface area contributed by atoms with Crippen LogP contribution in [0.3, 0.4) is 0 Å². The molecule has 2 aromatic rings. The summed E-state index contributed by atoms with van der Waals surface area (Å²) in [7, 11) is 0. The number of amides is 1. The Hall–Kier alpha value is -1.77. The van der Waals surface area contributed by atoms with Crippen LogP contribution in [-0.4, -0.2) is 32.6 Å². The van der Waals surface area contributed by atoms with Gasteiger partial charge >= 0.3 is 0 Å². The lowest BCUT2D eigenvalue weighted by Crippen LogP contribution is -2.33. The summed E-state index contributed by atoms with van der Waals surface area (Å²) in [6, 6.07) is 3.26. The Morgan fingerprint density at radius 1 is 1.60 bits per heavy atom. The van der Waals surface area contributed by atoms with Gasteiger partial charge in [0.05, 0.1) is 6.20 Å². The van der Waals surface area contributed by atoms with Gasteiger partial charge in [-0.3, -0.25) is 14.8 Å². The highest BCUT2D eigenvalue weighted by Gasteiger charge is 2.20. The van der Waals surface area contributed by atoms with Crippen LogP contribution in [0.1, 0.15) is 23.0 Å². The summed E-state index contributed by atoms with van der Waals surface area (Å²) in [5, 5.41) is 21.7. The Bertz CT molecular complexity index is 540. The highest BCUT2D eigenvalue weighted by Crippen LogP contribution is 2.13. The van der Waals surface area contributed by atoms with Crippen LogP contribution in [0.5, 0.6) is 0 Å². The van der Waals surface area contributed by atoms with Gasteiger partial charge in [-0.15, -0.1) is 16.4 Å². The maximum absolute atomic E-state index is 11.5. The lowest BCUT2D eigenvalue weighted by atomic mass is 10.2. The van der Waals surface area contributed by atoms with Gasteiger partial charge in [0.15, 0.2) is 0 Å². The summed E-state index contributed by atoms with van der Waals surface area (Å²) in [5.41, 5.74) is 5.90. The molecule has 0 aliphatic heterocycles. The number of aryl methyl sites for hydroxylation is 1. The molecule has 2 heterocycles. The van der Waals surface area contributed by atoms with E-state index in [1.807, 2.05) is 17.5 Å². The molecule has 1 amide bonds. The third-order valence-corrected chi connectivity index (χ3v) is 3.62. The van der Waals surface area contributed by atoms with Gasteiger partial charge in [0.2, 0.25) is 5.91 Å². The van der Waals surface area contributed by atoms with Crippen molar-refractivity contribution in [2.75, 3.05) is 6.61 Å². The molecule has 0 aliphatic carbocycles. The zero-order chi connectivity index (χ0) is 14.4. The van der Waals surface area contributed by atoms with E-state index in [1.165, 1.54) is 0 Å². The summed E-state index contributed by atoms with van der Waals surface area (Å²) in [6.07, 6.45) is 2.26. The van der Waals surface area contributed by atoms with Crippen molar-refractivity contribution in [1.29, 1.82) is 0 Å². The van der Waals surface area contributed by atoms with Crippen LogP contribution in [0.25, 0.3) is 0 Å². The maximum Gasteiger partial charge on any atom is 0.240 e. The van der Waals surface area contributed by atoms with Gasteiger partial charge in [0.25, 0.3) is 0 Å². The minimum absolute atomic E-state index is 0.0884. The summed E-state index contributed by atoms with van der Waals surface area (Å²) in [6.45, 7) is 1.19. The van der Waals surface area contributed by atoms with E-state index < -0.39 is 11.9 Å². The summed E-state index contributed by atoms with van der Waals surface area (Å²) < 4.78 is 1.59. The molecule has 108 valence electrons. The fraction of sp³-hybridized carbons (Fsp3) is 0.417. The first-order valence-corrected chi connectivity index (χ1v) is 7.14. The SMILES string of the molecule is NC(=O)C(NCc1cccs1)c1cn(CCCO)nn1. The largest absolute Gasteiger partial charge is 0.396 e. The molecule has 2 aromatic heterocycles. The second kappa shape index (κ2) is 7.13. The molecular weight excluding hydrogens is 278 g/mol. The molecule has 8 heteroatoms. The zero-order valence-electron chi connectivity index (χ0n) is 10.9. The molecule has 0 radical (unpaired) electrons. The average Bonchev–Trinajstić information content (AvgIpc) is 3.07. The molecule has 1 unspecified atom stereocenters. The number of aromatic nitrogens is 3. The van der Waals surface area contributed by atoms with Gasteiger partial charge in [0.1, 0.15) is 11.7 Å². The van der Waals surface area contributed by atoms with E-state index in [2.05, 4.69) is 15.6 Å². The number of carbonyl (C=O) groups is 1. The van der Waals surface area contributed by atoms with Crippen molar-refractivity contribution in [2.45, 2.75) is 25.6 Å². The summed E-state index contributed by atoms with van der Waals surface area (Å²) >= 11 is 1.60. The second-order valence-corrected chi connectivity index (χ2v) is 5.31. The van der Waals surface area contributed by atoms with E-state index in [0.717, 1.165) is 4.88 Å². The number of rotatable bonds is 8. The molecule has 0 bridgehead atoms. The van der Waals surface area contributed by atoms with Crippen LogP contribution in [0.4, 0.5) is 0 Å². The number of nitrogens with zero attached hydrogens (tertiary/aromatic N) is 3. The van der Waals surface area contributed by atoms with Crippen LogP contribution < -0.4 is 11.1 Å². The van der Waals surface area contributed by atoms with E-state index in [1.54, 1.807) is 22.2 Å². The molecule has 0 saturated heterocycles. The third kappa shape index (κ3) is 3.86. The van der Waals surface area contributed by atoms with Gasteiger partial charge in [-0.2, -0.15) is 0 Å². The summed E-state index contributed by atoms with van der Waals surface area (Å²) in [5.74, 6) is -0.490. The van der Waals surface area contributed by atoms with Crippen molar-refractivity contribution in [3.05, 3.63) is 34.3 Å². The Balaban J connectivity index is 2.00. The second-order valence-electron chi connectivity index (χ2n) is 4.28. The molecule has 20 heavy (non-hydrogen) atoms. The van der Waals surface area contributed by atoms with Crippen LogP contribution >= 0.6 is 11.3 Å². The van der Waals surface area contributed by atoms with Gasteiger partial charge < -0.3 is 10.8 Å². The quantitative estimate of drug-likeness (QED) is 0.637. The molecule has 1 atom stereocenters.